The largest absolute Gasteiger partial charge is 0.490 e. The molecular formula is C19H24FNO2. The first-order chi connectivity index (χ1) is 11.2. The van der Waals surface area contributed by atoms with Gasteiger partial charge in [-0.1, -0.05) is 24.3 Å². The van der Waals surface area contributed by atoms with Gasteiger partial charge in [0, 0.05) is 0 Å². The zero-order chi connectivity index (χ0) is 16.5. The highest BCUT2D eigenvalue weighted by Crippen LogP contribution is 2.27. The summed E-state index contributed by atoms with van der Waals surface area (Å²) in [5.74, 6) is 1.44. The van der Waals surface area contributed by atoms with E-state index in [1.54, 1.807) is 12.1 Å². The molecule has 124 valence electrons. The van der Waals surface area contributed by atoms with Crippen LogP contribution in [0, 0.1) is 5.82 Å². The van der Waals surface area contributed by atoms with Gasteiger partial charge < -0.3 is 15.2 Å². The number of para-hydroxylation sites is 2. The van der Waals surface area contributed by atoms with Gasteiger partial charge in [-0.15, -0.1) is 0 Å². The summed E-state index contributed by atoms with van der Waals surface area (Å²) >= 11 is 0. The van der Waals surface area contributed by atoms with Gasteiger partial charge in [-0.3, -0.25) is 0 Å². The number of ether oxygens (including phenoxy) is 2. The molecule has 2 aromatic carbocycles. The molecule has 0 spiro atoms. The molecule has 1 unspecified atom stereocenters. The van der Waals surface area contributed by atoms with Crippen LogP contribution in [-0.2, 0) is 0 Å². The molecule has 0 aliphatic carbocycles. The van der Waals surface area contributed by atoms with Crippen LogP contribution in [0.1, 0.15) is 31.2 Å². The van der Waals surface area contributed by atoms with Crippen molar-refractivity contribution >= 4 is 0 Å². The normalized spacial score (nSPS) is 12.0. The SMILES string of the molecule is CCOc1ccccc1OCCCC(CN)c1cccc(F)c1. The second-order valence-electron chi connectivity index (χ2n) is 5.36. The molecule has 0 aliphatic heterocycles. The molecule has 4 heteroatoms. The number of nitrogens with two attached hydrogens (primary N) is 1. The number of rotatable bonds is 9. The van der Waals surface area contributed by atoms with Crippen LogP contribution in [0.15, 0.2) is 48.5 Å². The molecule has 0 fully saturated rings. The van der Waals surface area contributed by atoms with Crippen LogP contribution in [0.3, 0.4) is 0 Å². The van der Waals surface area contributed by atoms with E-state index in [0.717, 1.165) is 29.9 Å². The second-order valence-corrected chi connectivity index (χ2v) is 5.36. The second kappa shape index (κ2) is 9.16. The first kappa shape index (κ1) is 17.3. The molecule has 0 bridgehead atoms. The molecule has 0 aromatic heterocycles. The summed E-state index contributed by atoms with van der Waals surface area (Å²) in [5, 5.41) is 0. The average molecular weight is 317 g/mol. The highest BCUT2D eigenvalue weighted by molar-refractivity contribution is 5.39. The van der Waals surface area contributed by atoms with Gasteiger partial charge >= 0.3 is 0 Å². The molecule has 0 radical (unpaired) electrons. The molecule has 2 rings (SSSR count). The Hall–Kier alpha value is -2.07. The van der Waals surface area contributed by atoms with Crippen molar-refractivity contribution in [2.24, 2.45) is 5.73 Å². The third-order valence-corrected chi connectivity index (χ3v) is 3.71. The fourth-order valence-electron chi connectivity index (χ4n) is 2.54. The minimum atomic E-state index is -0.220. The highest BCUT2D eigenvalue weighted by atomic mass is 19.1. The number of hydrogen-bond acceptors (Lipinski definition) is 3. The lowest BCUT2D eigenvalue weighted by atomic mass is 9.94. The Kier molecular flexibility index (Phi) is 6.88. The van der Waals surface area contributed by atoms with Gasteiger partial charge in [0.1, 0.15) is 5.82 Å². The van der Waals surface area contributed by atoms with Gasteiger partial charge in [-0.2, -0.15) is 0 Å². The Bertz CT molecular complexity index is 603. The average Bonchev–Trinajstić information content (AvgIpc) is 2.56. The Morgan fingerprint density at radius 3 is 2.43 bits per heavy atom. The minimum absolute atomic E-state index is 0.149. The fraction of sp³-hybridized carbons (Fsp3) is 0.368. The summed E-state index contributed by atoms with van der Waals surface area (Å²) < 4.78 is 24.6. The van der Waals surface area contributed by atoms with Gasteiger partial charge in [0.15, 0.2) is 11.5 Å². The minimum Gasteiger partial charge on any atom is -0.490 e. The Morgan fingerprint density at radius 1 is 1.04 bits per heavy atom. The van der Waals surface area contributed by atoms with Crippen molar-refractivity contribution in [1.82, 2.24) is 0 Å². The van der Waals surface area contributed by atoms with Gasteiger partial charge in [0.25, 0.3) is 0 Å². The van der Waals surface area contributed by atoms with E-state index in [4.69, 9.17) is 15.2 Å². The van der Waals surface area contributed by atoms with E-state index >= 15 is 0 Å². The summed E-state index contributed by atoms with van der Waals surface area (Å²) in [4.78, 5) is 0. The molecule has 0 amide bonds. The van der Waals surface area contributed by atoms with Crippen LogP contribution in [0.2, 0.25) is 0 Å². The lowest BCUT2D eigenvalue weighted by Crippen LogP contribution is -2.14. The number of hydrogen-bond donors (Lipinski definition) is 1. The smallest absolute Gasteiger partial charge is 0.161 e. The molecule has 3 nitrogen and oxygen atoms in total. The Labute approximate surface area is 137 Å². The predicted octanol–water partition coefficient (Wildman–Crippen LogP) is 4.13. The zero-order valence-corrected chi connectivity index (χ0v) is 13.5. The summed E-state index contributed by atoms with van der Waals surface area (Å²) in [7, 11) is 0. The van der Waals surface area contributed by atoms with Crippen LogP contribution in [0.4, 0.5) is 4.39 Å². The van der Waals surface area contributed by atoms with E-state index in [-0.39, 0.29) is 11.7 Å². The first-order valence-electron chi connectivity index (χ1n) is 8.04. The van der Waals surface area contributed by atoms with E-state index in [2.05, 4.69) is 0 Å². The molecule has 0 saturated carbocycles. The molecule has 0 saturated heterocycles. The van der Waals surface area contributed by atoms with E-state index in [1.165, 1.54) is 6.07 Å². The van der Waals surface area contributed by atoms with Gasteiger partial charge in [0.2, 0.25) is 0 Å². The van der Waals surface area contributed by atoms with E-state index in [1.807, 2.05) is 37.3 Å². The van der Waals surface area contributed by atoms with Gasteiger partial charge in [-0.25, -0.2) is 4.39 Å². The maximum Gasteiger partial charge on any atom is 0.161 e. The van der Waals surface area contributed by atoms with Crippen LogP contribution in [-0.4, -0.2) is 19.8 Å². The van der Waals surface area contributed by atoms with Crippen LogP contribution >= 0.6 is 0 Å². The third-order valence-electron chi connectivity index (χ3n) is 3.71. The van der Waals surface area contributed by atoms with Crippen molar-refractivity contribution in [3.63, 3.8) is 0 Å². The van der Waals surface area contributed by atoms with Crippen molar-refractivity contribution in [1.29, 1.82) is 0 Å². The van der Waals surface area contributed by atoms with Crippen molar-refractivity contribution in [2.75, 3.05) is 19.8 Å². The quantitative estimate of drug-likeness (QED) is 0.707. The van der Waals surface area contributed by atoms with Gasteiger partial charge in [-0.05, 0) is 62.1 Å². The molecular weight excluding hydrogens is 293 g/mol. The zero-order valence-electron chi connectivity index (χ0n) is 13.5. The van der Waals surface area contributed by atoms with Gasteiger partial charge in [0.05, 0.1) is 13.2 Å². The third kappa shape index (κ3) is 5.25. The molecule has 2 aromatic rings. The standard InChI is InChI=1S/C19H24FNO2/c1-2-22-18-10-3-4-11-19(18)23-12-6-8-16(14-21)15-7-5-9-17(20)13-15/h3-5,7,9-11,13,16H,2,6,8,12,14,21H2,1H3. The molecule has 1 atom stereocenters. The summed E-state index contributed by atoms with van der Waals surface area (Å²) in [6.45, 7) is 3.63. The van der Waals surface area contributed by atoms with Crippen LogP contribution in [0.25, 0.3) is 0 Å². The topological polar surface area (TPSA) is 44.5 Å². The lowest BCUT2D eigenvalue weighted by Gasteiger charge is -2.16. The first-order valence-corrected chi connectivity index (χ1v) is 8.04. The van der Waals surface area contributed by atoms with Crippen molar-refractivity contribution < 1.29 is 13.9 Å². The Balaban J connectivity index is 1.84. The molecule has 0 aliphatic rings. The Morgan fingerprint density at radius 2 is 1.78 bits per heavy atom. The maximum absolute atomic E-state index is 13.3. The van der Waals surface area contributed by atoms with Crippen LogP contribution < -0.4 is 15.2 Å². The maximum atomic E-state index is 13.3. The summed E-state index contributed by atoms with van der Waals surface area (Å²) in [5.41, 5.74) is 6.78. The summed E-state index contributed by atoms with van der Waals surface area (Å²) in [6.07, 6.45) is 1.70. The predicted molar refractivity (Wildman–Crippen MR) is 90.5 cm³/mol. The van der Waals surface area contributed by atoms with E-state index in [0.29, 0.717) is 19.8 Å². The van der Waals surface area contributed by atoms with Crippen molar-refractivity contribution in [2.45, 2.75) is 25.7 Å². The fourth-order valence-corrected chi connectivity index (χ4v) is 2.54. The lowest BCUT2D eigenvalue weighted by molar-refractivity contribution is 0.269. The molecule has 0 heterocycles. The number of benzene rings is 2. The van der Waals surface area contributed by atoms with E-state index in [9.17, 15) is 4.39 Å². The van der Waals surface area contributed by atoms with E-state index < -0.39 is 0 Å². The highest BCUT2D eigenvalue weighted by Gasteiger charge is 2.11. The van der Waals surface area contributed by atoms with Crippen LogP contribution in [0.5, 0.6) is 11.5 Å². The number of halogens is 1. The summed E-state index contributed by atoms with van der Waals surface area (Å²) in [6, 6.07) is 14.3. The molecule has 23 heavy (non-hydrogen) atoms. The van der Waals surface area contributed by atoms with Crippen molar-refractivity contribution in [3.8, 4) is 11.5 Å². The van der Waals surface area contributed by atoms with Crippen molar-refractivity contribution in [3.05, 3.63) is 59.9 Å². The molecule has 2 N–H and O–H groups in total. The monoisotopic (exact) mass is 317 g/mol.